The predicted molar refractivity (Wildman–Crippen MR) is 152 cm³/mol. The molecule has 0 saturated carbocycles. The van der Waals surface area contributed by atoms with Gasteiger partial charge in [0.15, 0.2) is 17.3 Å². The van der Waals surface area contributed by atoms with Crippen molar-refractivity contribution in [3.8, 4) is 34.4 Å². The van der Waals surface area contributed by atoms with Crippen LogP contribution in [0, 0.1) is 0 Å². The van der Waals surface area contributed by atoms with Gasteiger partial charge < -0.3 is 29.6 Å². The molecule has 0 aliphatic carbocycles. The molecule has 2 heterocycles. The molecule has 1 atom stereocenters. The van der Waals surface area contributed by atoms with Gasteiger partial charge >= 0.3 is 0 Å². The number of carbonyl (C=O) groups excluding carboxylic acids is 1. The second-order valence-corrected chi connectivity index (χ2v) is 8.97. The van der Waals surface area contributed by atoms with Crippen LogP contribution in [0.15, 0.2) is 78.0 Å². The second kappa shape index (κ2) is 11.4. The van der Waals surface area contributed by atoms with E-state index in [0.717, 1.165) is 11.1 Å². The third-order valence-electron chi connectivity index (χ3n) is 6.60. The molecule has 0 spiro atoms. The Kier molecular flexibility index (Phi) is 7.59. The normalized spacial score (nSPS) is 14.2. The van der Waals surface area contributed by atoms with Gasteiger partial charge in [-0.2, -0.15) is 4.98 Å². The van der Waals surface area contributed by atoms with Crippen LogP contribution in [0.2, 0.25) is 0 Å². The molecule has 5 rings (SSSR count). The Morgan fingerprint density at radius 2 is 1.62 bits per heavy atom. The number of para-hydroxylation sites is 3. The zero-order chi connectivity index (χ0) is 28.2. The molecular formula is C30H31N5O5. The molecule has 206 valence electrons. The summed E-state index contributed by atoms with van der Waals surface area (Å²) >= 11 is 0. The maximum atomic E-state index is 13.9. The molecule has 0 saturated heterocycles. The Morgan fingerprint density at radius 3 is 2.35 bits per heavy atom. The van der Waals surface area contributed by atoms with Crippen molar-refractivity contribution in [1.82, 2.24) is 14.8 Å². The summed E-state index contributed by atoms with van der Waals surface area (Å²) in [5, 5.41) is 11.1. The lowest BCUT2D eigenvalue weighted by atomic mass is 9.94. The third-order valence-corrected chi connectivity index (χ3v) is 6.60. The molecule has 40 heavy (non-hydrogen) atoms. The first-order valence-electron chi connectivity index (χ1n) is 12.8. The standard InChI is InChI=1S/C30H31N5O5/c1-6-40-24-16-15-19(17-25(24)39-5)27-26(29(36)32-21-12-8-10-14-23(21)38-4)18(2)31-30-33-28(34-35(27)30)20-11-7-9-13-22(20)37-3/h7-17,27H,6H2,1-5H3,(H,32,36)(H,31,33,34). The number of amides is 1. The fraction of sp³-hybridized carbons (Fsp3) is 0.233. The second-order valence-electron chi connectivity index (χ2n) is 8.97. The van der Waals surface area contributed by atoms with E-state index in [1.165, 1.54) is 0 Å². The summed E-state index contributed by atoms with van der Waals surface area (Å²) in [6, 6.07) is 19.8. The maximum absolute atomic E-state index is 13.9. The van der Waals surface area contributed by atoms with Gasteiger partial charge in [-0.1, -0.05) is 30.3 Å². The van der Waals surface area contributed by atoms with Crippen molar-refractivity contribution in [1.29, 1.82) is 0 Å². The summed E-state index contributed by atoms with van der Waals surface area (Å²) in [6.07, 6.45) is 0. The number of benzene rings is 3. The Morgan fingerprint density at radius 1 is 0.925 bits per heavy atom. The molecule has 1 aromatic heterocycles. The minimum Gasteiger partial charge on any atom is -0.496 e. The molecule has 1 unspecified atom stereocenters. The average molecular weight is 542 g/mol. The number of rotatable bonds is 9. The number of nitrogens with zero attached hydrogens (tertiary/aromatic N) is 3. The highest BCUT2D eigenvalue weighted by Crippen LogP contribution is 2.41. The van der Waals surface area contributed by atoms with Crippen LogP contribution in [-0.4, -0.2) is 48.6 Å². The number of nitrogens with one attached hydrogen (secondary N) is 2. The lowest BCUT2D eigenvalue weighted by Gasteiger charge is -2.29. The molecule has 2 N–H and O–H groups in total. The lowest BCUT2D eigenvalue weighted by molar-refractivity contribution is -0.113. The molecule has 3 aromatic carbocycles. The maximum Gasteiger partial charge on any atom is 0.255 e. The molecule has 0 fully saturated rings. The van der Waals surface area contributed by atoms with Crippen molar-refractivity contribution in [2.24, 2.45) is 0 Å². The monoisotopic (exact) mass is 541 g/mol. The molecule has 0 radical (unpaired) electrons. The van der Waals surface area contributed by atoms with E-state index in [4.69, 9.17) is 29.0 Å². The first kappa shape index (κ1) is 26.6. The Bertz CT molecular complexity index is 1580. The van der Waals surface area contributed by atoms with E-state index in [0.29, 0.717) is 58.3 Å². The number of anilines is 2. The highest BCUT2D eigenvalue weighted by molar-refractivity contribution is 6.06. The van der Waals surface area contributed by atoms with Gasteiger partial charge in [-0.3, -0.25) is 4.79 Å². The lowest BCUT2D eigenvalue weighted by Crippen LogP contribution is -2.31. The fourth-order valence-corrected chi connectivity index (χ4v) is 4.76. The van der Waals surface area contributed by atoms with Crippen LogP contribution in [0.25, 0.3) is 11.4 Å². The first-order valence-corrected chi connectivity index (χ1v) is 12.8. The van der Waals surface area contributed by atoms with Gasteiger partial charge in [0.2, 0.25) is 5.95 Å². The highest BCUT2D eigenvalue weighted by atomic mass is 16.5. The molecule has 10 heteroatoms. The topological polar surface area (TPSA) is 109 Å². The first-order chi connectivity index (χ1) is 19.5. The highest BCUT2D eigenvalue weighted by Gasteiger charge is 2.35. The number of carbonyl (C=O) groups is 1. The summed E-state index contributed by atoms with van der Waals surface area (Å²) in [5.41, 5.74) is 3.15. The number of methoxy groups -OCH3 is 3. The molecule has 1 aliphatic rings. The summed E-state index contributed by atoms with van der Waals surface area (Å²) < 4.78 is 24.1. The van der Waals surface area contributed by atoms with Crippen molar-refractivity contribution in [3.63, 3.8) is 0 Å². The van der Waals surface area contributed by atoms with Crippen molar-refractivity contribution in [3.05, 3.63) is 83.6 Å². The average Bonchev–Trinajstić information content (AvgIpc) is 3.40. The van der Waals surface area contributed by atoms with Crippen molar-refractivity contribution in [2.75, 3.05) is 38.6 Å². The number of fused-ring (bicyclic) bond motifs is 1. The summed E-state index contributed by atoms with van der Waals surface area (Å²) in [5.74, 6) is 2.99. The Hall–Kier alpha value is -4.99. The van der Waals surface area contributed by atoms with Crippen LogP contribution in [0.1, 0.15) is 25.5 Å². The molecule has 4 aromatic rings. The minimum absolute atomic E-state index is 0.313. The zero-order valence-corrected chi connectivity index (χ0v) is 23.0. The van der Waals surface area contributed by atoms with Gasteiger partial charge in [-0.15, -0.1) is 5.10 Å². The van der Waals surface area contributed by atoms with Crippen molar-refractivity contribution < 1.29 is 23.7 Å². The van der Waals surface area contributed by atoms with Gasteiger partial charge in [-0.05, 0) is 55.8 Å². The van der Waals surface area contributed by atoms with E-state index in [9.17, 15) is 4.79 Å². The summed E-state index contributed by atoms with van der Waals surface area (Å²) in [4.78, 5) is 18.7. The van der Waals surface area contributed by atoms with Crippen molar-refractivity contribution in [2.45, 2.75) is 19.9 Å². The Labute approximate surface area is 232 Å². The van der Waals surface area contributed by atoms with E-state index in [1.54, 1.807) is 38.1 Å². The van der Waals surface area contributed by atoms with E-state index in [1.807, 2.05) is 68.4 Å². The van der Waals surface area contributed by atoms with E-state index < -0.39 is 6.04 Å². The largest absolute Gasteiger partial charge is 0.496 e. The van der Waals surface area contributed by atoms with Crippen LogP contribution in [0.3, 0.4) is 0 Å². The molecule has 1 amide bonds. The van der Waals surface area contributed by atoms with Crippen molar-refractivity contribution >= 4 is 17.5 Å². The smallest absolute Gasteiger partial charge is 0.255 e. The van der Waals surface area contributed by atoms with Gasteiger partial charge in [0.1, 0.15) is 17.5 Å². The third kappa shape index (κ3) is 4.91. The number of ether oxygens (including phenoxy) is 4. The van der Waals surface area contributed by atoms with E-state index in [2.05, 4.69) is 10.6 Å². The molecule has 10 nitrogen and oxygen atoms in total. The zero-order valence-electron chi connectivity index (χ0n) is 23.0. The van der Waals surface area contributed by atoms with E-state index in [-0.39, 0.29) is 5.91 Å². The SMILES string of the molecule is CCOc1ccc(C2C(C(=O)Nc3ccccc3OC)=C(C)Nc3nc(-c4ccccc4OC)nn32)cc1OC. The number of aromatic nitrogens is 3. The summed E-state index contributed by atoms with van der Waals surface area (Å²) in [6.45, 7) is 4.24. The Balaban J connectivity index is 1.64. The number of hydrogen-bond acceptors (Lipinski definition) is 8. The van der Waals surface area contributed by atoms with Crippen LogP contribution >= 0.6 is 0 Å². The fourth-order valence-electron chi connectivity index (χ4n) is 4.76. The van der Waals surface area contributed by atoms with Gasteiger partial charge in [-0.25, -0.2) is 4.68 Å². The van der Waals surface area contributed by atoms with Crippen LogP contribution in [-0.2, 0) is 4.79 Å². The summed E-state index contributed by atoms with van der Waals surface area (Å²) in [7, 11) is 4.75. The van der Waals surface area contributed by atoms with Crippen LogP contribution in [0.5, 0.6) is 23.0 Å². The van der Waals surface area contributed by atoms with Gasteiger partial charge in [0.25, 0.3) is 5.91 Å². The molecule has 1 aliphatic heterocycles. The quantitative estimate of drug-likeness (QED) is 0.294. The number of hydrogen-bond donors (Lipinski definition) is 2. The molecular weight excluding hydrogens is 510 g/mol. The van der Waals surface area contributed by atoms with Gasteiger partial charge in [0.05, 0.1) is 44.8 Å². The van der Waals surface area contributed by atoms with Crippen LogP contribution in [0.4, 0.5) is 11.6 Å². The van der Waals surface area contributed by atoms with E-state index >= 15 is 0 Å². The molecule has 0 bridgehead atoms. The minimum atomic E-state index is -0.633. The van der Waals surface area contributed by atoms with Crippen LogP contribution < -0.4 is 29.6 Å². The number of allylic oxidation sites excluding steroid dienone is 1. The predicted octanol–water partition coefficient (Wildman–Crippen LogP) is 5.30. The van der Waals surface area contributed by atoms with Gasteiger partial charge in [0, 0.05) is 5.70 Å².